The Hall–Kier alpha value is -1.93. The third-order valence-electron chi connectivity index (χ3n) is 8.17. The minimum absolute atomic E-state index is 0.0505. The molecule has 1 saturated heterocycles. The van der Waals surface area contributed by atoms with Crippen LogP contribution in [0.1, 0.15) is 62.6 Å². The molecular formula is C23H31N5O2S. The monoisotopic (exact) mass is 441 g/mol. The average molecular weight is 442 g/mol. The predicted octanol–water partition coefficient (Wildman–Crippen LogP) is 3.24. The summed E-state index contributed by atoms with van der Waals surface area (Å²) in [5.41, 5.74) is 8.74. The van der Waals surface area contributed by atoms with Crippen LogP contribution in [-0.2, 0) is 9.84 Å². The first-order chi connectivity index (χ1) is 14.9. The zero-order chi connectivity index (χ0) is 21.3. The largest absolute Gasteiger partial charge is 0.383 e. The van der Waals surface area contributed by atoms with Gasteiger partial charge in [-0.25, -0.2) is 13.4 Å². The Balaban J connectivity index is 1.33. The van der Waals surface area contributed by atoms with E-state index in [2.05, 4.69) is 20.6 Å². The molecule has 3 aliphatic carbocycles. The number of hydrogen-bond acceptors (Lipinski definition) is 6. The van der Waals surface area contributed by atoms with Crippen molar-refractivity contribution in [3.8, 4) is 11.3 Å². The predicted molar refractivity (Wildman–Crippen MR) is 119 cm³/mol. The van der Waals surface area contributed by atoms with Crippen molar-refractivity contribution in [3.05, 3.63) is 24.0 Å². The summed E-state index contributed by atoms with van der Waals surface area (Å²) in [6, 6.07) is 5.13. The van der Waals surface area contributed by atoms with E-state index in [4.69, 9.17) is 10.8 Å². The normalized spacial score (nSPS) is 29.3. The van der Waals surface area contributed by atoms with Gasteiger partial charge >= 0.3 is 0 Å². The molecule has 0 bridgehead atoms. The van der Waals surface area contributed by atoms with Gasteiger partial charge in [-0.05, 0) is 49.7 Å². The third-order valence-corrected chi connectivity index (χ3v) is 9.29. The first kappa shape index (κ1) is 19.7. The third kappa shape index (κ3) is 3.30. The number of pyridine rings is 1. The van der Waals surface area contributed by atoms with Crippen molar-refractivity contribution in [2.75, 3.05) is 25.1 Å². The van der Waals surface area contributed by atoms with Gasteiger partial charge in [-0.1, -0.05) is 19.3 Å². The smallest absolute Gasteiger partial charge is 0.179 e. The van der Waals surface area contributed by atoms with E-state index in [0.717, 1.165) is 29.1 Å². The van der Waals surface area contributed by atoms with Crippen LogP contribution in [0.4, 0.5) is 5.82 Å². The van der Waals surface area contributed by atoms with E-state index in [1.54, 1.807) is 12.3 Å². The van der Waals surface area contributed by atoms with Crippen molar-refractivity contribution < 1.29 is 8.42 Å². The maximum atomic E-state index is 12.1. The molecule has 2 N–H and O–H groups in total. The van der Waals surface area contributed by atoms with E-state index in [9.17, 15) is 8.42 Å². The zero-order valence-corrected chi connectivity index (χ0v) is 18.9. The van der Waals surface area contributed by atoms with E-state index in [-0.39, 0.29) is 10.7 Å². The molecule has 0 spiro atoms. The molecule has 0 aromatic carbocycles. The average Bonchev–Trinajstić information content (AvgIpc) is 3.17. The molecule has 8 heteroatoms. The number of nitrogens with zero attached hydrogens (tertiary/aromatic N) is 4. The van der Waals surface area contributed by atoms with Gasteiger partial charge in [0.25, 0.3) is 0 Å². The highest BCUT2D eigenvalue weighted by Crippen LogP contribution is 2.60. The molecule has 7 nitrogen and oxygen atoms in total. The number of anilines is 1. The Kier molecular flexibility index (Phi) is 4.48. The lowest BCUT2D eigenvalue weighted by molar-refractivity contribution is 0.140. The van der Waals surface area contributed by atoms with E-state index in [1.165, 1.54) is 70.0 Å². The Morgan fingerprint density at radius 3 is 2.29 bits per heavy atom. The summed E-state index contributed by atoms with van der Waals surface area (Å²) in [7, 11) is -3.44. The van der Waals surface area contributed by atoms with Gasteiger partial charge in [0, 0.05) is 48.8 Å². The van der Waals surface area contributed by atoms with Crippen LogP contribution >= 0.6 is 0 Å². The van der Waals surface area contributed by atoms with E-state index < -0.39 is 9.84 Å². The highest BCUT2D eigenvalue weighted by atomic mass is 32.2. The van der Waals surface area contributed by atoms with Crippen LogP contribution in [-0.4, -0.2) is 53.5 Å². The number of nitrogen functional groups attached to an aromatic ring is 1. The highest BCUT2D eigenvalue weighted by Gasteiger charge is 2.58. The van der Waals surface area contributed by atoms with Crippen molar-refractivity contribution in [3.63, 3.8) is 0 Å². The Morgan fingerprint density at radius 1 is 1.00 bits per heavy atom. The number of rotatable bonds is 5. The van der Waals surface area contributed by atoms with Crippen LogP contribution in [0.3, 0.4) is 0 Å². The number of likely N-dealkylation sites (tertiary alicyclic amines) is 1. The number of piperidine rings is 1. The lowest BCUT2D eigenvalue weighted by Crippen LogP contribution is -2.40. The summed E-state index contributed by atoms with van der Waals surface area (Å²) in [6.07, 6.45) is 11.8. The number of hydrogen-bond donors (Lipinski definition) is 1. The van der Waals surface area contributed by atoms with Gasteiger partial charge in [-0.15, -0.1) is 0 Å². The fourth-order valence-electron chi connectivity index (χ4n) is 6.18. The second-order valence-corrected chi connectivity index (χ2v) is 12.1. The molecule has 166 valence electrons. The molecule has 3 atom stereocenters. The molecule has 6 rings (SSSR count). The van der Waals surface area contributed by atoms with Crippen LogP contribution in [0.5, 0.6) is 0 Å². The summed E-state index contributed by atoms with van der Waals surface area (Å²) in [5, 5.41) is 5.01. The number of fused-ring (bicyclic) bond motifs is 1. The molecule has 2 aromatic heterocycles. The van der Waals surface area contributed by atoms with Crippen molar-refractivity contribution in [1.29, 1.82) is 0 Å². The first-order valence-corrected chi connectivity index (χ1v) is 13.6. The number of sulfone groups is 1. The van der Waals surface area contributed by atoms with Crippen molar-refractivity contribution in [2.24, 2.45) is 11.8 Å². The van der Waals surface area contributed by atoms with Gasteiger partial charge in [0.15, 0.2) is 9.84 Å². The molecule has 4 aliphatic rings. The molecule has 4 fully saturated rings. The molecular weight excluding hydrogens is 410 g/mol. The fourth-order valence-corrected chi connectivity index (χ4v) is 6.95. The molecule has 0 unspecified atom stereocenters. The van der Waals surface area contributed by atoms with Crippen molar-refractivity contribution in [1.82, 2.24) is 19.7 Å². The molecule has 31 heavy (non-hydrogen) atoms. The number of aromatic nitrogens is 3. The Bertz CT molecular complexity index is 1100. The minimum atomic E-state index is -3.44. The van der Waals surface area contributed by atoms with Gasteiger partial charge in [-0.2, -0.15) is 5.10 Å². The molecule has 3 saturated carbocycles. The first-order valence-electron chi connectivity index (χ1n) is 11.7. The van der Waals surface area contributed by atoms with Crippen LogP contribution in [0, 0.1) is 11.8 Å². The SMILES string of the molecule is CS(=O)(=O)c1cc(-c2cc([C@@H]3[C@@H]4CN(C5CCC5)C[C@@H]43)n(C3CCCC3)n2)cnc1N. The summed E-state index contributed by atoms with van der Waals surface area (Å²) >= 11 is 0. The standard InChI is InChI=1S/C23H31N5O2S/c1-31(29,30)21-9-14(11-25-23(21)24)19-10-20(28(26-19)16-5-2-3-6-16)22-17-12-27(13-18(17)22)15-7-4-8-15/h9-11,15-18,22H,2-8,12-13H2,1H3,(H2,24,25)/t17-,18+,22-. The van der Waals surface area contributed by atoms with Gasteiger partial charge in [0.05, 0.1) is 11.7 Å². The highest BCUT2D eigenvalue weighted by molar-refractivity contribution is 7.90. The summed E-state index contributed by atoms with van der Waals surface area (Å²) < 4.78 is 26.6. The molecule has 0 radical (unpaired) electrons. The number of nitrogens with two attached hydrogens (primary N) is 1. The molecule has 2 aromatic rings. The van der Waals surface area contributed by atoms with Gasteiger partial charge < -0.3 is 5.73 Å². The van der Waals surface area contributed by atoms with Crippen LogP contribution in [0.15, 0.2) is 23.2 Å². The lowest BCUT2D eigenvalue weighted by atomic mass is 9.91. The summed E-state index contributed by atoms with van der Waals surface area (Å²) in [6.45, 7) is 2.46. The van der Waals surface area contributed by atoms with Crippen LogP contribution < -0.4 is 5.73 Å². The molecule has 1 aliphatic heterocycles. The lowest BCUT2D eigenvalue weighted by Gasteiger charge is -2.36. The van der Waals surface area contributed by atoms with Crippen molar-refractivity contribution in [2.45, 2.75) is 67.8 Å². The van der Waals surface area contributed by atoms with Crippen LogP contribution in [0.25, 0.3) is 11.3 Å². The van der Waals surface area contributed by atoms with Gasteiger partial charge in [0.2, 0.25) is 0 Å². The maximum Gasteiger partial charge on any atom is 0.179 e. The fraction of sp³-hybridized carbons (Fsp3) is 0.652. The minimum Gasteiger partial charge on any atom is -0.383 e. The van der Waals surface area contributed by atoms with E-state index in [1.807, 2.05) is 0 Å². The Morgan fingerprint density at radius 2 is 1.68 bits per heavy atom. The summed E-state index contributed by atoms with van der Waals surface area (Å²) in [4.78, 5) is 6.97. The maximum absolute atomic E-state index is 12.1. The zero-order valence-electron chi connectivity index (χ0n) is 18.1. The quantitative estimate of drug-likeness (QED) is 0.765. The second-order valence-electron chi connectivity index (χ2n) is 10.1. The van der Waals surface area contributed by atoms with Crippen LogP contribution in [0.2, 0.25) is 0 Å². The van der Waals surface area contributed by atoms with Gasteiger partial charge in [0.1, 0.15) is 10.7 Å². The molecule has 0 amide bonds. The second kappa shape index (κ2) is 7.04. The van der Waals surface area contributed by atoms with E-state index >= 15 is 0 Å². The van der Waals surface area contributed by atoms with E-state index in [0.29, 0.717) is 12.0 Å². The Labute approximate surface area is 183 Å². The van der Waals surface area contributed by atoms with Gasteiger partial charge in [-0.3, -0.25) is 9.58 Å². The topological polar surface area (TPSA) is 94.1 Å². The van der Waals surface area contributed by atoms with Crippen molar-refractivity contribution >= 4 is 15.7 Å². The molecule has 3 heterocycles. The summed E-state index contributed by atoms with van der Waals surface area (Å²) in [5.74, 6) is 2.15.